The molecular formula is C14H21NO3S. The molecule has 1 heterocycles. The molecule has 106 valence electrons. The first-order valence-corrected chi connectivity index (χ1v) is 8.28. The maximum Gasteiger partial charge on any atom is 0.243 e. The molecule has 0 aromatic heterocycles. The van der Waals surface area contributed by atoms with Gasteiger partial charge in [-0.3, -0.25) is 0 Å². The van der Waals surface area contributed by atoms with E-state index in [1.165, 1.54) is 6.42 Å². The van der Waals surface area contributed by atoms with Crippen molar-refractivity contribution in [3.05, 3.63) is 29.8 Å². The lowest BCUT2D eigenvalue weighted by atomic mass is 10.1. The Hall–Kier alpha value is -0.910. The normalized spacial score (nSPS) is 18.8. The van der Waals surface area contributed by atoms with Crippen LogP contribution in [-0.2, 0) is 16.6 Å². The van der Waals surface area contributed by atoms with Crippen LogP contribution in [0.25, 0.3) is 0 Å². The molecule has 0 spiro atoms. The lowest BCUT2D eigenvalue weighted by Crippen LogP contribution is -2.33. The molecule has 0 atom stereocenters. The van der Waals surface area contributed by atoms with Gasteiger partial charge in [0.2, 0.25) is 10.0 Å². The largest absolute Gasteiger partial charge is 0.392 e. The summed E-state index contributed by atoms with van der Waals surface area (Å²) in [6.07, 6.45) is 5.30. The van der Waals surface area contributed by atoms with Gasteiger partial charge in [0.1, 0.15) is 0 Å². The van der Waals surface area contributed by atoms with E-state index in [0.717, 1.165) is 31.2 Å². The number of benzene rings is 1. The van der Waals surface area contributed by atoms with Gasteiger partial charge in [-0.2, -0.15) is 4.31 Å². The fourth-order valence-corrected chi connectivity index (χ4v) is 3.89. The molecule has 1 aliphatic heterocycles. The molecule has 1 N–H and O–H groups in total. The summed E-state index contributed by atoms with van der Waals surface area (Å²) < 4.78 is 26.6. The Morgan fingerprint density at radius 2 is 1.47 bits per heavy atom. The van der Waals surface area contributed by atoms with E-state index in [0.29, 0.717) is 18.0 Å². The monoisotopic (exact) mass is 283 g/mol. The first-order valence-electron chi connectivity index (χ1n) is 6.84. The average Bonchev–Trinajstić information content (AvgIpc) is 2.38. The van der Waals surface area contributed by atoms with Crippen molar-refractivity contribution in [1.82, 2.24) is 4.31 Å². The van der Waals surface area contributed by atoms with Gasteiger partial charge in [-0.05, 0) is 30.5 Å². The Bertz CT molecular complexity index is 488. The van der Waals surface area contributed by atoms with Crippen LogP contribution in [0, 0.1) is 0 Å². The van der Waals surface area contributed by atoms with E-state index in [1.807, 2.05) is 0 Å². The molecule has 0 radical (unpaired) electrons. The Morgan fingerprint density at radius 1 is 0.947 bits per heavy atom. The lowest BCUT2D eigenvalue weighted by molar-refractivity contribution is 0.281. The van der Waals surface area contributed by atoms with Crippen molar-refractivity contribution in [1.29, 1.82) is 0 Å². The highest BCUT2D eigenvalue weighted by Crippen LogP contribution is 2.20. The number of rotatable bonds is 3. The standard InChI is InChI=1S/C14H21NO3S/c16-12-13-6-8-14(9-7-13)19(17,18)15-10-4-2-1-3-5-11-15/h6-9,16H,1-5,10-12H2. The van der Waals surface area contributed by atoms with Gasteiger partial charge >= 0.3 is 0 Å². The maximum atomic E-state index is 12.5. The van der Waals surface area contributed by atoms with Gasteiger partial charge in [-0.1, -0.05) is 31.4 Å². The molecule has 1 aliphatic rings. The number of aliphatic hydroxyl groups excluding tert-OH is 1. The van der Waals surface area contributed by atoms with Crippen molar-refractivity contribution >= 4 is 10.0 Å². The molecule has 1 aromatic carbocycles. The van der Waals surface area contributed by atoms with Crippen molar-refractivity contribution in [3.8, 4) is 0 Å². The number of sulfonamides is 1. The predicted octanol–water partition coefficient (Wildman–Crippen LogP) is 2.13. The van der Waals surface area contributed by atoms with Crippen LogP contribution in [0.2, 0.25) is 0 Å². The van der Waals surface area contributed by atoms with Crippen LogP contribution in [0.4, 0.5) is 0 Å². The Kier molecular flexibility index (Phi) is 4.96. The summed E-state index contributed by atoms with van der Waals surface area (Å²) in [5.41, 5.74) is 0.728. The van der Waals surface area contributed by atoms with Crippen LogP contribution in [0.1, 0.15) is 37.7 Å². The van der Waals surface area contributed by atoms with Crippen LogP contribution >= 0.6 is 0 Å². The maximum absolute atomic E-state index is 12.5. The van der Waals surface area contributed by atoms with Gasteiger partial charge in [0.25, 0.3) is 0 Å². The molecule has 1 saturated heterocycles. The molecule has 1 fully saturated rings. The number of hydrogen-bond acceptors (Lipinski definition) is 3. The molecule has 2 rings (SSSR count). The third-order valence-electron chi connectivity index (χ3n) is 3.56. The third kappa shape index (κ3) is 3.55. The predicted molar refractivity (Wildman–Crippen MR) is 74.2 cm³/mol. The second-order valence-electron chi connectivity index (χ2n) is 4.97. The van der Waals surface area contributed by atoms with Crippen molar-refractivity contribution < 1.29 is 13.5 Å². The molecule has 0 unspecified atom stereocenters. The second kappa shape index (κ2) is 6.50. The van der Waals surface area contributed by atoms with Crippen molar-refractivity contribution in [2.24, 2.45) is 0 Å². The van der Waals surface area contributed by atoms with E-state index in [9.17, 15) is 8.42 Å². The molecular weight excluding hydrogens is 262 g/mol. The van der Waals surface area contributed by atoms with Gasteiger partial charge in [0.15, 0.2) is 0 Å². The van der Waals surface area contributed by atoms with Gasteiger partial charge < -0.3 is 5.11 Å². The third-order valence-corrected chi connectivity index (χ3v) is 5.47. The highest BCUT2D eigenvalue weighted by Gasteiger charge is 2.24. The Morgan fingerprint density at radius 3 is 2.00 bits per heavy atom. The number of nitrogens with zero attached hydrogens (tertiary/aromatic N) is 1. The first kappa shape index (κ1) is 14.5. The smallest absolute Gasteiger partial charge is 0.243 e. The molecule has 19 heavy (non-hydrogen) atoms. The Balaban J connectivity index is 2.18. The van der Waals surface area contributed by atoms with E-state index in [1.54, 1.807) is 28.6 Å². The van der Waals surface area contributed by atoms with Crippen molar-refractivity contribution in [2.45, 2.75) is 43.6 Å². The molecule has 0 bridgehead atoms. The number of hydrogen-bond donors (Lipinski definition) is 1. The highest BCUT2D eigenvalue weighted by atomic mass is 32.2. The summed E-state index contributed by atoms with van der Waals surface area (Å²) in [7, 11) is -3.37. The zero-order chi connectivity index (χ0) is 13.7. The SMILES string of the molecule is O=S(=O)(c1ccc(CO)cc1)N1CCCCCCC1. The highest BCUT2D eigenvalue weighted by molar-refractivity contribution is 7.89. The summed E-state index contributed by atoms with van der Waals surface area (Å²) in [6.45, 7) is 1.16. The van der Waals surface area contributed by atoms with Gasteiger partial charge in [-0.25, -0.2) is 8.42 Å². The fraction of sp³-hybridized carbons (Fsp3) is 0.571. The van der Waals surface area contributed by atoms with Gasteiger partial charge in [0, 0.05) is 13.1 Å². The summed E-state index contributed by atoms with van der Waals surface area (Å²) in [6, 6.07) is 6.49. The lowest BCUT2D eigenvalue weighted by Gasteiger charge is -2.24. The Labute approximate surface area is 115 Å². The van der Waals surface area contributed by atoms with E-state index in [-0.39, 0.29) is 6.61 Å². The first-order chi connectivity index (χ1) is 9.14. The molecule has 0 amide bonds. The van der Waals surface area contributed by atoms with E-state index in [4.69, 9.17) is 5.11 Å². The van der Waals surface area contributed by atoms with Crippen LogP contribution in [-0.4, -0.2) is 30.9 Å². The quantitative estimate of drug-likeness (QED) is 0.924. The van der Waals surface area contributed by atoms with Crippen LogP contribution < -0.4 is 0 Å². The van der Waals surface area contributed by atoms with Gasteiger partial charge in [0.05, 0.1) is 11.5 Å². The minimum Gasteiger partial charge on any atom is -0.392 e. The van der Waals surface area contributed by atoms with Gasteiger partial charge in [-0.15, -0.1) is 0 Å². The summed E-state index contributed by atoms with van der Waals surface area (Å²) in [5.74, 6) is 0. The molecule has 0 saturated carbocycles. The minimum absolute atomic E-state index is 0.0654. The van der Waals surface area contributed by atoms with Crippen molar-refractivity contribution in [3.63, 3.8) is 0 Å². The van der Waals surface area contributed by atoms with E-state index in [2.05, 4.69) is 0 Å². The molecule has 0 aliphatic carbocycles. The summed E-state index contributed by atoms with van der Waals surface area (Å²) >= 11 is 0. The molecule has 4 nitrogen and oxygen atoms in total. The minimum atomic E-state index is -3.37. The second-order valence-corrected chi connectivity index (χ2v) is 6.91. The van der Waals surface area contributed by atoms with E-state index >= 15 is 0 Å². The number of aliphatic hydroxyl groups is 1. The topological polar surface area (TPSA) is 57.6 Å². The average molecular weight is 283 g/mol. The molecule has 1 aromatic rings. The van der Waals surface area contributed by atoms with Crippen LogP contribution in [0.3, 0.4) is 0 Å². The summed E-state index contributed by atoms with van der Waals surface area (Å²) in [4.78, 5) is 0.324. The summed E-state index contributed by atoms with van der Waals surface area (Å²) in [5, 5.41) is 8.99. The zero-order valence-corrected chi connectivity index (χ0v) is 11.9. The van der Waals surface area contributed by atoms with E-state index < -0.39 is 10.0 Å². The molecule has 5 heteroatoms. The zero-order valence-electron chi connectivity index (χ0n) is 11.1. The van der Waals surface area contributed by atoms with Crippen LogP contribution in [0.15, 0.2) is 29.2 Å². The van der Waals surface area contributed by atoms with Crippen LogP contribution in [0.5, 0.6) is 0 Å². The fourth-order valence-electron chi connectivity index (χ4n) is 2.37. The van der Waals surface area contributed by atoms with Crippen molar-refractivity contribution in [2.75, 3.05) is 13.1 Å².